The zero-order valence-electron chi connectivity index (χ0n) is 31.8. The van der Waals surface area contributed by atoms with Crippen molar-refractivity contribution in [1.29, 1.82) is 0 Å². The average molecular weight is 748 g/mol. The molecule has 4 aromatic rings. The topological polar surface area (TPSA) is 120 Å². The molecule has 3 N–H and O–H groups in total. The molecular weight excluding hydrogens is 695 g/mol. The standard InChI is InChI=1S/C45H53NO7Si/c1-5-25-46-43(50)38-27-33(30-52-54(45(2,3)4,36-17-11-7-12-18-36)37-19-13-8-14-20-37)41(39(29-48)42(38)44(46)51)40(49)24-21-32(31-15-9-6-10-16-31)26-34-22-23-35(28-47)53-34/h6-20,22-23,26,38-40,42,47-49H,5,21,24-25,27-30H2,1-4H3/b32-26-/t38-,39+,40-,42-/m1/s1. The van der Waals surface area contributed by atoms with Crippen molar-refractivity contribution in [2.45, 2.75) is 71.1 Å². The number of carbonyl (C=O) groups excluding carboxylic acids is 2. The molecule has 1 aromatic heterocycles. The molecule has 1 aliphatic heterocycles. The van der Waals surface area contributed by atoms with Gasteiger partial charge in [0.05, 0.1) is 31.2 Å². The van der Waals surface area contributed by atoms with Gasteiger partial charge in [-0.25, -0.2) is 0 Å². The molecule has 0 unspecified atom stereocenters. The van der Waals surface area contributed by atoms with Gasteiger partial charge in [-0.2, -0.15) is 0 Å². The van der Waals surface area contributed by atoms with Gasteiger partial charge in [-0.05, 0) is 81.6 Å². The number of nitrogens with zero attached hydrogens (tertiary/aromatic N) is 1. The van der Waals surface area contributed by atoms with Gasteiger partial charge in [0, 0.05) is 12.5 Å². The number of benzene rings is 3. The Labute approximate surface area is 319 Å². The molecule has 2 aliphatic rings. The third-order valence-electron chi connectivity index (χ3n) is 11.1. The molecule has 8 nitrogen and oxygen atoms in total. The van der Waals surface area contributed by atoms with Gasteiger partial charge in [-0.1, -0.05) is 119 Å². The van der Waals surface area contributed by atoms with E-state index in [-0.39, 0.29) is 43.1 Å². The highest BCUT2D eigenvalue weighted by molar-refractivity contribution is 6.99. The molecule has 4 atom stereocenters. The van der Waals surface area contributed by atoms with E-state index in [1.165, 1.54) is 4.90 Å². The Balaban J connectivity index is 1.42. The summed E-state index contributed by atoms with van der Waals surface area (Å²) in [5, 5.41) is 34.9. The van der Waals surface area contributed by atoms with Crippen LogP contribution in [0.5, 0.6) is 0 Å². The molecule has 54 heavy (non-hydrogen) atoms. The Kier molecular flexibility index (Phi) is 12.3. The maximum atomic E-state index is 13.9. The normalized spacial score (nSPS) is 20.1. The molecule has 1 fully saturated rings. The van der Waals surface area contributed by atoms with Crippen molar-refractivity contribution >= 4 is 42.2 Å². The first-order valence-corrected chi connectivity index (χ1v) is 21.0. The van der Waals surface area contributed by atoms with Crippen molar-refractivity contribution < 1.29 is 33.8 Å². The van der Waals surface area contributed by atoms with Crippen LogP contribution in [0, 0.1) is 17.8 Å². The van der Waals surface area contributed by atoms with E-state index in [2.05, 4.69) is 45.0 Å². The Morgan fingerprint density at radius 3 is 2.06 bits per heavy atom. The first kappa shape index (κ1) is 39.3. The van der Waals surface area contributed by atoms with E-state index in [4.69, 9.17) is 8.84 Å². The summed E-state index contributed by atoms with van der Waals surface area (Å²) >= 11 is 0. The van der Waals surface area contributed by atoms with Gasteiger partial charge in [0.15, 0.2) is 0 Å². The first-order chi connectivity index (χ1) is 26.0. The van der Waals surface area contributed by atoms with Gasteiger partial charge in [-0.3, -0.25) is 14.5 Å². The van der Waals surface area contributed by atoms with Crippen LogP contribution in [-0.4, -0.2) is 66.2 Å². The van der Waals surface area contributed by atoms with E-state index in [9.17, 15) is 24.9 Å². The summed E-state index contributed by atoms with van der Waals surface area (Å²) in [7, 11) is -3.02. The highest BCUT2D eigenvalue weighted by Gasteiger charge is 2.56. The molecule has 6 rings (SSSR count). The number of fused-ring (bicyclic) bond motifs is 1. The van der Waals surface area contributed by atoms with Gasteiger partial charge < -0.3 is 24.2 Å². The second-order valence-corrected chi connectivity index (χ2v) is 19.8. The second-order valence-electron chi connectivity index (χ2n) is 15.5. The fraction of sp³-hybridized carbons (Fsp3) is 0.378. The fourth-order valence-electron chi connectivity index (χ4n) is 8.69. The Bertz CT molecular complexity index is 1910. The molecule has 0 spiro atoms. The number of carbonyl (C=O) groups is 2. The van der Waals surface area contributed by atoms with Crippen LogP contribution in [0.3, 0.4) is 0 Å². The summed E-state index contributed by atoms with van der Waals surface area (Å²) in [5.41, 5.74) is 3.27. The van der Waals surface area contributed by atoms with Crippen LogP contribution in [0.2, 0.25) is 5.04 Å². The van der Waals surface area contributed by atoms with E-state index in [1.807, 2.05) is 85.8 Å². The Morgan fingerprint density at radius 1 is 0.907 bits per heavy atom. The quantitative estimate of drug-likeness (QED) is 0.0737. The lowest BCUT2D eigenvalue weighted by molar-refractivity contribution is -0.140. The number of hydrogen-bond acceptors (Lipinski definition) is 7. The molecule has 0 bridgehead atoms. The number of aliphatic hydroxyl groups is 3. The van der Waals surface area contributed by atoms with Crippen LogP contribution in [-0.2, 0) is 20.6 Å². The predicted octanol–water partition coefficient (Wildman–Crippen LogP) is 6.35. The summed E-state index contributed by atoms with van der Waals surface area (Å²) in [6.07, 6.45) is 2.55. The van der Waals surface area contributed by atoms with Crippen molar-refractivity contribution in [2.24, 2.45) is 17.8 Å². The molecule has 9 heteroatoms. The zero-order chi connectivity index (χ0) is 38.5. The third-order valence-corrected chi connectivity index (χ3v) is 16.1. The molecule has 1 saturated heterocycles. The Hall–Kier alpha value is -4.38. The first-order valence-electron chi connectivity index (χ1n) is 19.1. The number of likely N-dealkylation sites (tertiary alicyclic amines) is 1. The minimum Gasteiger partial charge on any atom is -0.459 e. The number of rotatable bonds is 15. The number of furan rings is 1. The van der Waals surface area contributed by atoms with Crippen molar-refractivity contribution in [3.05, 3.63) is 131 Å². The van der Waals surface area contributed by atoms with Crippen LogP contribution < -0.4 is 10.4 Å². The lowest BCUT2D eigenvalue weighted by Crippen LogP contribution is -2.66. The van der Waals surface area contributed by atoms with Crippen LogP contribution in [0.15, 0.2) is 119 Å². The summed E-state index contributed by atoms with van der Waals surface area (Å²) in [6.45, 7) is 8.44. The highest BCUT2D eigenvalue weighted by atomic mass is 28.4. The predicted molar refractivity (Wildman–Crippen MR) is 214 cm³/mol. The number of imide groups is 1. The SMILES string of the molecule is CCCN1C(=O)[C@@H]2[C@@H](CC(CO[Si](c3ccccc3)(c3ccccc3)C(C)(C)C)=C([C@H](O)CC/C(=C/c3ccc(CO)o3)c3ccccc3)[C@@H]2CO)C1=O. The number of hydrogen-bond donors (Lipinski definition) is 3. The number of aliphatic hydroxyl groups excluding tert-OH is 3. The van der Waals surface area contributed by atoms with Crippen molar-refractivity contribution in [3.63, 3.8) is 0 Å². The van der Waals surface area contributed by atoms with E-state index in [1.54, 1.807) is 6.07 Å². The number of amides is 2. The fourth-order valence-corrected chi connectivity index (χ4v) is 13.2. The van der Waals surface area contributed by atoms with Crippen LogP contribution in [0.4, 0.5) is 0 Å². The zero-order valence-corrected chi connectivity index (χ0v) is 32.8. The van der Waals surface area contributed by atoms with Crippen LogP contribution >= 0.6 is 0 Å². The minimum absolute atomic E-state index is 0.145. The molecule has 0 saturated carbocycles. The lowest BCUT2D eigenvalue weighted by atomic mass is 9.68. The van der Waals surface area contributed by atoms with Gasteiger partial charge in [0.1, 0.15) is 18.1 Å². The summed E-state index contributed by atoms with van der Waals surface area (Å²) in [5.74, 6) is -1.56. The minimum atomic E-state index is -3.02. The van der Waals surface area contributed by atoms with Crippen molar-refractivity contribution in [2.75, 3.05) is 19.8 Å². The smallest absolute Gasteiger partial charge is 0.261 e. The molecule has 2 amide bonds. The van der Waals surface area contributed by atoms with Gasteiger partial charge in [-0.15, -0.1) is 0 Å². The average Bonchev–Trinajstić information content (AvgIpc) is 3.74. The van der Waals surface area contributed by atoms with Gasteiger partial charge in [0.2, 0.25) is 11.8 Å². The van der Waals surface area contributed by atoms with E-state index in [0.717, 1.165) is 27.1 Å². The van der Waals surface area contributed by atoms with E-state index < -0.39 is 32.2 Å². The molecule has 284 valence electrons. The summed E-state index contributed by atoms with van der Waals surface area (Å²) < 4.78 is 13.2. The maximum Gasteiger partial charge on any atom is 0.261 e. The summed E-state index contributed by atoms with van der Waals surface area (Å²) in [4.78, 5) is 29.1. The molecule has 2 heterocycles. The molecule has 0 radical (unpaired) electrons. The van der Waals surface area contributed by atoms with E-state index >= 15 is 0 Å². The van der Waals surface area contributed by atoms with Crippen LogP contribution in [0.1, 0.15) is 70.5 Å². The van der Waals surface area contributed by atoms with Gasteiger partial charge in [0.25, 0.3) is 8.32 Å². The molecule has 1 aliphatic carbocycles. The number of allylic oxidation sites excluding steroid dienone is 1. The van der Waals surface area contributed by atoms with Crippen LogP contribution in [0.25, 0.3) is 11.6 Å². The molecule has 3 aromatic carbocycles. The second kappa shape index (κ2) is 17.0. The monoisotopic (exact) mass is 747 g/mol. The maximum absolute atomic E-state index is 13.9. The van der Waals surface area contributed by atoms with Crippen molar-refractivity contribution in [1.82, 2.24) is 4.90 Å². The van der Waals surface area contributed by atoms with Crippen molar-refractivity contribution in [3.8, 4) is 0 Å². The summed E-state index contributed by atoms with van der Waals surface area (Å²) in [6, 6.07) is 34.1. The largest absolute Gasteiger partial charge is 0.459 e. The highest BCUT2D eigenvalue weighted by Crippen LogP contribution is 2.47. The lowest BCUT2D eigenvalue weighted by Gasteiger charge is -2.44. The van der Waals surface area contributed by atoms with E-state index in [0.29, 0.717) is 42.9 Å². The van der Waals surface area contributed by atoms with Gasteiger partial charge >= 0.3 is 0 Å². The molecular formula is C45H53NO7Si. The third kappa shape index (κ3) is 7.74. The Morgan fingerprint density at radius 2 is 1.52 bits per heavy atom.